The standard InChI is InChI=1S/C51H44BF3N2O/c1-29-11-9-13-37(23-29)39-15-17-44-42(25-39)52-43-26-40(38-14-10-12-30(2)24-38)16-18-45(43)57(50-35(7)21-32(4)22-36(50)8)47-28-41(58-51(53,54)55)27-46(48(47)52)56(44)49-33(5)19-31(3)20-34(49)6/h9-28H,1-8H3. The summed E-state index contributed by atoms with van der Waals surface area (Å²) in [6, 6.07) is 42.0. The number of alkyl halides is 3. The molecule has 0 aromatic heterocycles. The molecule has 0 spiro atoms. The molecule has 7 heteroatoms. The third-order valence-corrected chi connectivity index (χ3v) is 11.7. The molecule has 3 nitrogen and oxygen atoms in total. The molecule has 0 N–H and O–H groups in total. The maximum atomic E-state index is 14.4. The van der Waals surface area contributed by atoms with Gasteiger partial charge in [0.2, 0.25) is 0 Å². The van der Waals surface area contributed by atoms with Gasteiger partial charge in [-0.3, -0.25) is 0 Å². The van der Waals surface area contributed by atoms with Crippen LogP contribution in [0.2, 0.25) is 0 Å². The van der Waals surface area contributed by atoms with Crippen LogP contribution in [0, 0.1) is 55.4 Å². The fraction of sp³-hybridized carbons (Fsp3) is 0.176. The van der Waals surface area contributed by atoms with Crippen molar-refractivity contribution in [3.8, 4) is 28.0 Å². The lowest BCUT2D eigenvalue weighted by atomic mass is 9.33. The van der Waals surface area contributed by atoms with Crippen LogP contribution < -0.4 is 30.9 Å². The number of nitrogens with zero attached hydrogens (tertiary/aromatic N) is 2. The van der Waals surface area contributed by atoms with Crippen molar-refractivity contribution in [3.63, 3.8) is 0 Å². The first-order chi connectivity index (χ1) is 27.6. The van der Waals surface area contributed by atoms with Crippen LogP contribution in [-0.2, 0) is 0 Å². The van der Waals surface area contributed by atoms with E-state index in [4.69, 9.17) is 4.74 Å². The van der Waals surface area contributed by atoms with E-state index in [-0.39, 0.29) is 12.5 Å². The number of anilines is 6. The van der Waals surface area contributed by atoms with Gasteiger partial charge in [-0.2, -0.15) is 0 Å². The zero-order valence-electron chi connectivity index (χ0n) is 34.1. The van der Waals surface area contributed by atoms with E-state index in [0.717, 1.165) is 106 Å². The number of fused-ring (bicyclic) bond motifs is 4. The average molecular weight is 769 g/mol. The summed E-state index contributed by atoms with van der Waals surface area (Å²) in [7, 11) is 0. The van der Waals surface area contributed by atoms with Crippen molar-refractivity contribution in [2.75, 3.05) is 9.80 Å². The molecule has 0 atom stereocenters. The molecule has 7 aromatic carbocycles. The van der Waals surface area contributed by atoms with Crippen LogP contribution in [0.5, 0.6) is 5.75 Å². The van der Waals surface area contributed by atoms with Crippen molar-refractivity contribution in [2.45, 2.75) is 61.8 Å². The normalized spacial score (nSPS) is 13.0. The summed E-state index contributed by atoms with van der Waals surface area (Å²) in [5.74, 6) is -0.264. The molecule has 2 aliphatic heterocycles. The molecule has 58 heavy (non-hydrogen) atoms. The zero-order valence-corrected chi connectivity index (χ0v) is 34.1. The summed E-state index contributed by atoms with van der Waals surface area (Å²) in [5, 5.41) is 0. The Morgan fingerprint density at radius 3 is 1.21 bits per heavy atom. The largest absolute Gasteiger partial charge is 0.573 e. The van der Waals surface area contributed by atoms with E-state index in [1.165, 1.54) is 0 Å². The first-order valence-electron chi connectivity index (χ1n) is 19.8. The quantitative estimate of drug-likeness (QED) is 0.162. The molecule has 0 radical (unpaired) electrons. The maximum Gasteiger partial charge on any atom is 0.573 e. The SMILES string of the molecule is Cc1cccc(-c2ccc3c(c2)B2c4cc(-c5cccc(C)c5)ccc4N(c4c(C)cc(C)cc4C)c4cc(OC(F)(F)F)cc(c42)N3c2c(C)cc(C)cc2C)c1. The van der Waals surface area contributed by atoms with Crippen molar-refractivity contribution in [2.24, 2.45) is 0 Å². The Morgan fingerprint density at radius 2 is 0.828 bits per heavy atom. The lowest BCUT2D eigenvalue weighted by molar-refractivity contribution is -0.274. The number of rotatable bonds is 5. The average Bonchev–Trinajstić information content (AvgIpc) is 3.14. The van der Waals surface area contributed by atoms with Gasteiger partial charge < -0.3 is 14.5 Å². The van der Waals surface area contributed by atoms with Crippen LogP contribution in [0.25, 0.3) is 22.3 Å². The third-order valence-electron chi connectivity index (χ3n) is 11.7. The van der Waals surface area contributed by atoms with Crippen molar-refractivity contribution >= 4 is 57.2 Å². The predicted octanol–water partition coefficient (Wildman–Crippen LogP) is 12.5. The predicted molar refractivity (Wildman–Crippen MR) is 236 cm³/mol. The smallest absolute Gasteiger partial charge is 0.406 e. The molecule has 0 amide bonds. The molecule has 0 aliphatic carbocycles. The van der Waals surface area contributed by atoms with Gasteiger partial charge in [0, 0.05) is 34.9 Å². The second kappa shape index (κ2) is 13.7. The summed E-state index contributed by atoms with van der Waals surface area (Å²) in [5.41, 5.74) is 21.2. The molecule has 0 saturated carbocycles. The summed E-state index contributed by atoms with van der Waals surface area (Å²) in [6.45, 7) is 16.4. The second-order valence-electron chi connectivity index (χ2n) is 16.3. The van der Waals surface area contributed by atoms with Crippen molar-refractivity contribution < 1.29 is 17.9 Å². The second-order valence-corrected chi connectivity index (χ2v) is 16.3. The Kier molecular flexibility index (Phi) is 8.84. The van der Waals surface area contributed by atoms with Gasteiger partial charge in [0.25, 0.3) is 6.71 Å². The molecule has 0 fully saturated rings. The molecule has 2 heterocycles. The van der Waals surface area contributed by atoms with Crippen LogP contribution in [0.15, 0.2) is 121 Å². The van der Waals surface area contributed by atoms with E-state index in [9.17, 15) is 13.2 Å². The molecule has 0 saturated heterocycles. The fourth-order valence-corrected chi connectivity index (χ4v) is 9.71. The van der Waals surface area contributed by atoms with Gasteiger partial charge in [0.05, 0.1) is 11.4 Å². The molecule has 2 aliphatic rings. The van der Waals surface area contributed by atoms with Crippen LogP contribution in [0.3, 0.4) is 0 Å². The molecular formula is C51H44BF3N2O. The van der Waals surface area contributed by atoms with Gasteiger partial charge in [0.15, 0.2) is 0 Å². The topological polar surface area (TPSA) is 15.7 Å². The number of aryl methyl sites for hydroxylation is 8. The van der Waals surface area contributed by atoms with E-state index in [2.05, 4.69) is 174 Å². The van der Waals surface area contributed by atoms with E-state index in [0.29, 0.717) is 11.4 Å². The zero-order chi connectivity index (χ0) is 40.8. The van der Waals surface area contributed by atoms with Crippen molar-refractivity contribution in [1.29, 1.82) is 0 Å². The summed E-state index contributed by atoms with van der Waals surface area (Å²) < 4.78 is 48.0. The summed E-state index contributed by atoms with van der Waals surface area (Å²) in [4.78, 5) is 4.36. The van der Waals surface area contributed by atoms with Gasteiger partial charge >= 0.3 is 6.36 Å². The van der Waals surface area contributed by atoms with E-state index in [1.807, 2.05) is 0 Å². The highest BCUT2D eigenvalue weighted by molar-refractivity contribution is 7.00. The maximum absolute atomic E-state index is 14.4. The molecule has 0 unspecified atom stereocenters. The van der Waals surface area contributed by atoms with Crippen LogP contribution in [0.4, 0.5) is 47.3 Å². The Morgan fingerprint density at radius 1 is 0.431 bits per heavy atom. The van der Waals surface area contributed by atoms with Crippen LogP contribution in [0.1, 0.15) is 44.5 Å². The highest BCUT2D eigenvalue weighted by Gasteiger charge is 2.45. The monoisotopic (exact) mass is 768 g/mol. The van der Waals surface area contributed by atoms with Crippen LogP contribution >= 0.6 is 0 Å². The Labute approximate surface area is 339 Å². The van der Waals surface area contributed by atoms with Gasteiger partial charge in [-0.1, -0.05) is 119 Å². The number of ether oxygens (including phenoxy) is 1. The number of hydrogen-bond acceptors (Lipinski definition) is 3. The highest BCUT2D eigenvalue weighted by Crippen LogP contribution is 2.49. The minimum absolute atomic E-state index is 0.264. The van der Waals surface area contributed by atoms with Crippen molar-refractivity contribution in [3.05, 3.63) is 166 Å². The third kappa shape index (κ3) is 6.34. The van der Waals surface area contributed by atoms with Gasteiger partial charge in [0.1, 0.15) is 5.75 Å². The first kappa shape index (κ1) is 37.4. The Balaban J connectivity index is 1.44. The Bertz CT molecular complexity index is 2600. The van der Waals surface area contributed by atoms with Crippen molar-refractivity contribution in [1.82, 2.24) is 0 Å². The summed E-state index contributed by atoms with van der Waals surface area (Å²) in [6.07, 6.45) is -4.90. The highest BCUT2D eigenvalue weighted by atomic mass is 19.4. The molecule has 9 rings (SSSR count). The molecule has 0 bridgehead atoms. The number of hydrogen-bond donors (Lipinski definition) is 0. The fourth-order valence-electron chi connectivity index (χ4n) is 9.71. The van der Waals surface area contributed by atoms with E-state index < -0.39 is 6.36 Å². The first-order valence-corrected chi connectivity index (χ1v) is 19.8. The van der Waals surface area contributed by atoms with E-state index >= 15 is 0 Å². The van der Waals surface area contributed by atoms with E-state index in [1.54, 1.807) is 12.1 Å². The molecule has 7 aromatic rings. The minimum atomic E-state index is -4.90. The lowest BCUT2D eigenvalue weighted by Gasteiger charge is -2.45. The Hall–Kier alpha value is -6.21. The van der Waals surface area contributed by atoms with Gasteiger partial charge in [-0.15, -0.1) is 13.2 Å². The van der Waals surface area contributed by atoms with Crippen LogP contribution in [-0.4, -0.2) is 13.1 Å². The van der Waals surface area contributed by atoms with Gasteiger partial charge in [-0.25, -0.2) is 0 Å². The minimum Gasteiger partial charge on any atom is -0.406 e. The number of halogens is 3. The molecular weight excluding hydrogens is 724 g/mol. The number of benzene rings is 7. The summed E-state index contributed by atoms with van der Waals surface area (Å²) >= 11 is 0. The molecule has 288 valence electrons. The lowest BCUT2D eigenvalue weighted by Crippen LogP contribution is -2.61. The van der Waals surface area contributed by atoms with Gasteiger partial charge in [-0.05, 0) is 128 Å².